The number of benzene rings is 2. The molecule has 1 heterocycles. The Balaban J connectivity index is 1.59. The molecular formula is C23H20ClFN2O3. The van der Waals surface area contributed by atoms with Gasteiger partial charge in [-0.1, -0.05) is 23.7 Å². The first-order valence-corrected chi connectivity index (χ1v) is 10.0. The molecule has 0 spiro atoms. The van der Waals surface area contributed by atoms with E-state index >= 15 is 0 Å². The molecule has 3 aromatic rings. The van der Waals surface area contributed by atoms with Gasteiger partial charge in [0.2, 0.25) is 0 Å². The van der Waals surface area contributed by atoms with Crippen LogP contribution in [0.15, 0.2) is 59.2 Å². The van der Waals surface area contributed by atoms with Crippen LogP contribution in [0.25, 0.3) is 0 Å². The number of furan rings is 1. The van der Waals surface area contributed by atoms with Crippen LogP contribution >= 0.6 is 11.6 Å². The highest BCUT2D eigenvalue weighted by atomic mass is 35.5. The molecule has 0 aliphatic heterocycles. The van der Waals surface area contributed by atoms with Crippen molar-refractivity contribution >= 4 is 29.1 Å². The average Bonchev–Trinajstić information content (AvgIpc) is 3.41. The predicted octanol–water partition coefficient (Wildman–Crippen LogP) is 5.44. The Kier molecular flexibility index (Phi) is 5.59. The summed E-state index contributed by atoms with van der Waals surface area (Å²) in [5.74, 6) is -0.883. The third kappa shape index (κ3) is 4.24. The van der Waals surface area contributed by atoms with Gasteiger partial charge in [-0.3, -0.25) is 9.59 Å². The van der Waals surface area contributed by atoms with Gasteiger partial charge in [0.05, 0.1) is 12.8 Å². The molecule has 0 bridgehead atoms. The Labute approximate surface area is 178 Å². The Morgan fingerprint density at radius 3 is 2.67 bits per heavy atom. The van der Waals surface area contributed by atoms with Crippen molar-refractivity contribution in [1.82, 2.24) is 4.90 Å². The van der Waals surface area contributed by atoms with Gasteiger partial charge in [-0.2, -0.15) is 0 Å². The number of hydrogen-bond acceptors (Lipinski definition) is 3. The van der Waals surface area contributed by atoms with Crippen molar-refractivity contribution in [3.05, 3.63) is 88.1 Å². The quantitative estimate of drug-likeness (QED) is 0.571. The predicted molar refractivity (Wildman–Crippen MR) is 112 cm³/mol. The monoisotopic (exact) mass is 426 g/mol. The third-order valence-corrected chi connectivity index (χ3v) is 5.47. The van der Waals surface area contributed by atoms with Gasteiger partial charge in [0.15, 0.2) is 5.76 Å². The van der Waals surface area contributed by atoms with Crippen molar-refractivity contribution in [2.24, 2.45) is 0 Å². The maximum atomic E-state index is 14.3. The van der Waals surface area contributed by atoms with E-state index in [4.69, 9.17) is 16.0 Å². The van der Waals surface area contributed by atoms with Crippen LogP contribution in [0.1, 0.15) is 44.9 Å². The number of rotatable bonds is 6. The molecule has 1 N–H and O–H groups in total. The van der Waals surface area contributed by atoms with E-state index in [0.29, 0.717) is 21.8 Å². The Hall–Kier alpha value is -3.12. The summed E-state index contributed by atoms with van der Waals surface area (Å²) in [4.78, 5) is 27.2. The SMILES string of the molecule is Cc1ccc(C(=O)N(Cc2c(F)cccc2Cl)C2CC2)cc1NC(=O)c1ccco1. The number of aryl methyl sites for hydroxylation is 1. The van der Waals surface area contributed by atoms with Crippen LogP contribution in [0.4, 0.5) is 10.1 Å². The van der Waals surface area contributed by atoms with Crippen LogP contribution in [0, 0.1) is 12.7 Å². The number of halogens is 2. The van der Waals surface area contributed by atoms with E-state index in [1.807, 2.05) is 6.92 Å². The van der Waals surface area contributed by atoms with Crippen LogP contribution in [0.2, 0.25) is 5.02 Å². The highest BCUT2D eigenvalue weighted by Crippen LogP contribution is 2.32. The first-order valence-electron chi connectivity index (χ1n) is 9.63. The number of anilines is 1. The van der Waals surface area contributed by atoms with E-state index in [9.17, 15) is 14.0 Å². The summed E-state index contributed by atoms with van der Waals surface area (Å²) in [5.41, 5.74) is 2.04. The summed E-state index contributed by atoms with van der Waals surface area (Å²) < 4.78 is 19.4. The van der Waals surface area contributed by atoms with Crippen molar-refractivity contribution in [3.63, 3.8) is 0 Å². The number of hydrogen-bond donors (Lipinski definition) is 1. The van der Waals surface area contributed by atoms with Gasteiger partial charge >= 0.3 is 0 Å². The average molecular weight is 427 g/mol. The summed E-state index contributed by atoms with van der Waals surface area (Å²) >= 11 is 6.17. The summed E-state index contributed by atoms with van der Waals surface area (Å²) in [6.45, 7) is 1.93. The number of nitrogens with one attached hydrogen (secondary N) is 1. The molecule has 5 nitrogen and oxygen atoms in total. The molecule has 154 valence electrons. The van der Waals surface area contributed by atoms with E-state index < -0.39 is 11.7 Å². The van der Waals surface area contributed by atoms with E-state index in [0.717, 1.165) is 18.4 Å². The van der Waals surface area contributed by atoms with E-state index in [2.05, 4.69) is 5.32 Å². The largest absolute Gasteiger partial charge is 0.459 e. The maximum Gasteiger partial charge on any atom is 0.291 e. The molecule has 1 fully saturated rings. The van der Waals surface area contributed by atoms with Gasteiger partial charge < -0.3 is 14.6 Å². The van der Waals surface area contributed by atoms with Crippen LogP contribution in [-0.4, -0.2) is 22.8 Å². The maximum absolute atomic E-state index is 14.3. The van der Waals surface area contributed by atoms with Crippen LogP contribution in [-0.2, 0) is 6.54 Å². The zero-order chi connectivity index (χ0) is 21.3. The normalized spacial score (nSPS) is 13.2. The van der Waals surface area contributed by atoms with Crippen molar-refractivity contribution in [3.8, 4) is 0 Å². The molecule has 0 saturated heterocycles. The van der Waals surface area contributed by atoms with Gasteiger partial charge in [-0.15, -0.1) is 0 Å². The molecule has 2 aromatic carbocycles. The Morgan fingerprint density at radius 1 is 1.20 bits per heavy atom. The minimum Gasteiger partial charge on any atom is -0.459 e. The summed E-state index contributed by atoms with van der Waals surface area (Å²) in [5, 5.41) is 3.07. The lowest BCUT2D eigenvalue weighted by atomic mass is 10.1. The molecular weight excluding hydrogens is 407 g/mol. The number of carbonyl (C=O) groups excluding carboxylic acids is 2. The third-order valence-electron chi connectivity index (χ3n) is 5.12. The fraction of sp³-hybridized carbons (Fsp3) is 0.217. The molecule has 2 amide bonds. The second-order valence-electron chi connectivity index (χ2n) is 7.33. The topological polar surface area (TPSA) is 62.6 Å². The fourth-order valence-corrected chi connectivity index (χ4v) is 3.48. The lowest BCUT2D eigenvalue weighted by Gasteiger charge is -2.24. The molecule has 0 radical (unpaired) electrons. The van der Waals surface area contributed by atoms with E-state index in [-0.39, 0.29) is 24.3 Å². The van der Waals surface area contributed by atoms with Gasteiger partial charge in [0, 0.05) is 27.9 Å². The number of amides is 2. The van der Waals surface area contributed by atoms with Crippen molar-refractivity contribution in [2.75, 3.05) is 5.32 Å². The van der Waals surface area contributed by atoms with Gasteiger partial charge in [-0.25, -0.2) is 4.39 Å². The van der Waals surface area contributed by atoms with E-state index in [1.54, 1.807) is 47.4 Å². The van der Waals surface area contributed by atoms with Crippen molar-refractivity contribution in [1.29, 1.82) is 0 Å². The highest BCUT2D eigenvalue weighted by Gasteiger charge is 2.34. The molecule has 30 heavy (non-hydrogen) atoms. The first kappa shape index (κ1) is 20.2. The minimum absolute atomic E-state index is 0.0515. The molecule has 0 unspecified atom stereocenters. The molecule has 7 heteroatoms. The highest BCUT2D eigenvalue weighted by molar-refractivity contribution is 6.31. The van der Waals surface area contributed by atoms with Crippen molar-refractivity contribution < 1.29 is 18.4 Å². The van der Waals surface area contributed by atoms with Crippen LogP contribution in [0.3, 0.4) is 0 Å². The lowest BCUT2D eigenvalue weighted by Crippen LogP contribution is -2.33. The first-order chi connectivity index (χ1) is 14.4. The summed E-state index contributed by atoms with van der Waals surface area (Å²) in [7, 11) is 0. The molecule has 4 rings (SSSR count). The van der Waals surface area contributed by atoms with Crippen molar-refractivity contribution in [2.45, 2.75) is 32.4 Å². The summed E-state index contributed by atoms with van der Waals surface area (Å²) in [6.07, 6.45) is 3.15. The molecule has 0 atom stereocenters. The molecule has 1 aliphatic carbocycles. The zero-order valence-corrected chi connectivity index (χ0v) is 17.1. The van der Waals surface area contributed by atoms with E-state index in [1.165, 1.54) is 12.3 Å². The van der Waals surface area contributed by atoms with Gasteiger partial charge in [-0.05, 0) is 61.7 Å². The van der Waals surface area contributed by atoms with Gasteiger partial charge in [0.1, 0.15) is 5.82 Å². The second-order valence-corrected chi connectivity index (χ2v) is 7.73. The molecule has 1 aliphatic rings. The van der Waals surface area contributed by atoms with Crippen LogP contribution in [0.5, 0.6) is 0 Å². The standard InChI is InChI=1S/C23H20ClFN2O3/c1-14-7-8-15(12-20(14)26-22(28)21-6-3-11-30-21)23(29)27(16-9-10-16)13-17-18(24)4-2-5-19(17)25/h2-8,11-12,16H,9-10,13H2,1H3,(H,26,28). The Bertz CT molecular complexity index is 1070. The zero-order valence-electron chi connectivity index (χ0n) is 16.3. The second kappa shape index (κ2) is 8.32. The number of nitrogens with zero attached hydrogens (tertiary/aromatic N) is 1. The lowest BCUT2D eigenvalue weighted by molar-refractivity contribution is 0.0728. The summed E-state index contributed by atoms with van der Waals surface area (Å²) in [6, 6.07) is 12.8. The smallest absolute Gasteiger partial charge is 0.291 e. The molecule has 1 saturated carbocycles. The minimum atomic E-state index is -0.434. The van der Waals surface area contributed by atoms with Crippen LogP contribution < -0.4 is 5.32 Å². The fourth-order valence-electron chi connectivity index (χ4n) is 3.25. The molecule has 1 aromatic heterocycles. The Morgan fingerprint density at radius 2 is 2.00 bits per heavy atom. The van der Waals surface area contributed by atoms with Gasteiger partial charge in [0.25, 0.3) is 11.8 Å². The number of carbonyl (C=O) groups is 2.